The van der Waals surface area contributed by atoms with Gasteiger partial charge in [0, 0.05) is 43.9 Å². The van der Waals surface area contributed by atoms with Gasteiger partial charge in [0.15, 0.2) is 12.2 Å². The number of anilines is 1. The predicted octanol–water partition coefficient (Wildman–Crippen LogP) is 6.66. The molecule has 0 unspecified atom stereocenters. The fraction of sp³-hybridized carbons (Fsp3) is 0.326. The van der Waals surface area contributed by atoms with Crippen LogP contribution in [0.4, 0.5) is 21.0 Å². The monoisotopic (exact) mass is 825 g/mol. The summed E-state index contributed by atoms with van der Waals surface area (Å²) < 4.78 is 38.7. The highest BCUT2D eigenvalue weighted by atomic mass is 16.7. The standard InChI is InChI=1S/C43H43N3O14/c1-24-25(2)39(57-26(3)47)41(60-38(24)40(49)54-4)59-36-18-13-27(22-56-43(51)58-29-16-14-28(15-17-29)46(52)53)21-35(36)45-37(48)19-20-44-42(50)55-23-34-32-11-7-5-9-30(32)31-10-6-8-12-33(31)34/h5-18,21,24-25,34,38-39,41H,19-20,22-23H2,1-4H3,(H,44,50)(H,45,48)/t24-,25-,38-,39+,41+/m0/s1. The Bertz CT molecular complexity index is 2200. The lowest BCUT2D eigenvalue weighted by atomic mass is 9.83. The molecule has 4 aromatic rings. The van der Waals surface area contributed by atoms with Crippen molar-refractivity contribution in [3.63, 3.8) is 0 Å². The summed E-state index contributed by atoms with van der Waals surface area (Å²) in [5.74, 6) is -2.79. The van der Waals surface area contributed by atoms with Crippen LogP contribution < -0.4 is 20.1 Å². The number of carbonyl (C=O) groups is 5. The van der Waals surface area contributed by atoms with E-state index in [1.165, 1.54) is 56.5 Å². The average Bonchev–Trinajstić information content (AvgIpc) is 3.55. The molecule has 2 aliphatic rings. The molecule has 0 spiro atoms. The van der Waals surface area contributed by atoms with Crippen LogP contribution in [-0.2, 0) is 44.7 Å². The molecular formula is C43H43N3O14. The number of nitro groups is 1. The maximum absolute atomic E-state index is 13.3. The van der Waals surface area contributed by atoms with E-state index in [1.807, 2.05) is 48.5 Å². The van der Waals surface area contributed by atoms with E-state index in [2.05, 4.69) is 10.6 Å². The highest BCUT2D eigenvalue weighted by molar-refractivity contribution is 5.92. The first-order chi connectivity index (χ1) is 28.8. The highest BCUT2D eigenvalue weighted by Crippen LogP contribution is 2.44. The number of hydrogen-bond acceptors (Lipinski definition) is 14. The van der Waals surface area contributed by atoms with Crippen LogP contribution in [0.1, 0.15) is 49.8 Å². The van der Waals surface area contributed by atoms with Gasteiger partial charge in [-0.05, 0) is 58.0 Å². The second-order valence-electron chi connectivity index (χ2n) is 14.1. The Labute approximate surface area is 344 Å². The molecule has 6 rings (SSSR count). The Kier molecular flexibility index (Phi) is 13.6. The third-order valence-electron chi connectivity index (χ3n) is 10.2. The van der Waals surface area contributed by atoms with Gasteiger partial charge in [0.2, 0.25) is 12.2 Å². The number of nitrogens with zero attached hydrogens (tertiary/aromatic N) is 1. The van der Waals surface area contributed by atoms with Crippen LogP contribution in [0.15, 0.2) is 91.0 Å². The van der Waals surface area contributed by atoms with E-state index < -0.39 is 65.4 Å². The number of benzene rings is 4. The topological polar surface area (TPSA) is 217 Å². The Balaban J connectivity index is 1.12. The van der Waals surface area contributed by atoms with Crippen LogP contribution in [0.3, 0.4) is 0 Å². The second kappa shape index (κ2) is 19.2. The van der Waals surface area contributed by atoms with Crippen LogP contribution in [0, 0.1) is 22.0 Å². The van der Waals surface area contributed by atoms with E-state index in [0.717, 1.165) is 22.3 Å². The molecule has 4 aromatic carbocycles. The van der Waals surface area contributed by atoms with Gasteiger partial charge in [-0.3, -0.25) is 19.7 Å². The Morgan fingerprint density at radius 3 is 2.15 bits per heavy atom. The van der Waals surface area contributed by atoms with Crippen molar-refractivity contribution in [1.82, 2.24) is 5.32 Å². The molecule has 60 heavy (non-hydrogen) atoms. The minimum atomic E-state index is -1.33. The van der Waals surface area contributed by atoms with Crippen molar-refractivity contribution in [2.45, 2.75) is 58.2 Å². The number of hydrogen-bond donors (Lipinski definition) is 2. The zero-order chi connectivity index (χ0) is 42.9. The third-order valence-corrected chi connectivity index (χ3v) is 10.2. The zero-order valence-corrected chi connectivity index (χ0v) is 33.1. The van der Waals surface area contributed by atoms with E-state index >= 15 is 0 Å². The summed E-state index contributed by atoms with van der Waals surface area (Å²) in [4.78, 5) is 73.7. The number of ether oxygens (including phenoxy) is 7. The number of nitrogens with one attached hydrogen (secondary N) is 2. The molecule has 1 aliphatic heterocycles. The summed E-state index contributed by atoms with van der Waals surface area (Å²) in [7, 11) is 1.22. The van der Waals surface area contributed by atoms with E-state index in [0.29, 0.717) is 5.56 Å². The second-order valence-corrected chi connectivity index (χ2v) is 14.1. The van der Waals surface area contributed by atoms with Gasteiger partial charge in [0.05, 0.1) is 17.7 Å². The van der Waals surface area contributed by atoms with Crippen molar-refractivity contribution in [2.75, 3.05) is 25.6 Å². The van der Waals surface area contributed by atoms with Crippen LogP contribution in [-0.4, -0.2) is 73.8 Å². The number of amides is 2. The van der Waals surface area contributed by atoms with Crippen molar-refractivity contribution in [2.24, 2.45) is 11.8 Å². The minimum Gasteiger partial charge on any atom is -0.467 e. The number of rotatable bonds is 14. The Morgan fingerprint density at radius 1 is 0.850 bits per heavy atom. The van der Waals surface area contributed by atoms with Crippen LogP contribution in [0.25, 0.3) is 11.1 Å². The molecule has 2 N–H and O–H groups in total. The quantitative estimate of drug-likeness (QED) is 0.0447. The molecule has 1 aliphatic carbocycles. The summed E-state index contributed by atoms with van der Waals surface area (Å²) in [5.41, 5.74) is 4.54. The number of carbonyl (C=O) groups excluding carboxylic acids is 5. The van der Waals surface area contributed by atoms with Crippen molar-refractivity contribution in [3.05, 3.63) is 118 Å². The first-order valence-corrected chi connectivity index (χ1v) is 19.0. The summed E-state index contributed by atoms with van der Waals surface area (Å²) in [6.45, 7) is 4.41. The molecule has 0 aromatic heterocycles. The maximum Gasteiger partial charge on any atom is 0.514 e. The minimum absolute atomic E-state index is 0.0117. The smallest absolute Gasteiger partial charge is 0.467 e. The summed E-state index contributed by atoms with van der Waals surface area (Å²) >= 11 is 0. The van der Waals surface area contributed by atoms with Gasteiger partial charge in [-0.25, -0.2) is 14.4 Å². The predicted molar refractivity (Wildman–Crippen MR) is 212 cm³/mol. The molecule has 1 saturated heterocycles. The molecule has 1 heterocycles. The van der Waals surface area contributed by atoms with Crippen molar-refractivity contribution < 1.29 is 62.1 Å². The number of esters is 2. The molecule has 1 fully saturated rings. The molecule has 0 saturated carbocycles. The molecule has 0 radical (unpaired) electrons. The molecule has 0 bridgehead atoms. The highest BCUT2D eigenvalue weighted by Gasteiger charge is 2.48. The van der Waals surface area contributed by atoms with Crippen LogP contribution in [0.5, 0.6) is 11.5 Å². The molecule has 17 heteroatoms. The number of non-ortho nitro benzene ring substituents is 1. The fourth-order valence-corrected chi connectivity index (χ4v) is 7.04. The third kappa shape index (κ3) is 10.2. The van der Waals surface area contributed by atoms with Crippen molar-refractivity contribution in [3.8, 4) is 22.6 Å². The van der Waals surface area contributed by atoms with Crippen LogP contribution in [0.2, 0.25) is 0 Å². The molecule has 2 amide bonds. The van der Waals surface area contributed by atoms with Gasteiger partial charge in [-0.2, -0.15) is 0 Å². The van der Waals surface area contributed by atoms with Gasteiger partial charge >= 0.3 is 24.2 Å². The van der Waals surface area contributed by atoms with Crippen LogP contribution >= 0.6 is 0 Å². The number of alkyl carbamates (subject to hydrolysis) is 1. The normalized spacial score (nSPS) is 19.1. The maximum atomic E-state index is 13.3. The van der Waals surface area contributed by atoms with Gasteiger partial charge in [0.25, 0.3) is 5.69 Å². The van der Waals surface area contributed by atoms with Gasteiger partial charge in [-0.1, -0.05) is 68.4 Å². The van der Waals surface area contributed by atoms with Crippen molar-refractivity contribution in [1.29, 1.82) is 0 Å². The van der Waals surface area contributed by atoms with E-state index in [4.69, 9.17) is 33.2 Å². The zero-order valence-electron chi connectivity index (χ0n) is 33.1. The van der Waals surface area contributed by atoms with Crippen molar-refractivity contribution >= 4 is 41.5 Å². The lowest BCUT2D eigenvalue weighted by molar-refractivity contribution is -0.384. The molecule has 17 nitrogen and oxygen atoms in total. The number of methoxy groups -OCH3 is 1. The Morgan fingerprint density at radius 2 is 1.52 bits per heavy atom. The average molecular weight is 826 g/mol. The van der Waals surface area contributed by atoms with E-state index in [-0.39, 0.29) is 55.0 Å². The molecular weight excluding hydrogens is 782 g/mol. The summed E-state index contributed by atoms with van der Waals surface area (Å²) in [5, 5.41) is 16.3. The summed E-state index contributed by atoms with van der Waals surface area (Å²) in [6, 6.07) is 25.1. The Hall–Kier alpha value is -7.01. The van der Waals surface area contributed by atoms with E-state index in [1.54, 1.807) is 13.8 Å². The molecule has 314 valence electrons. The summed E-state index contributed by atoms with van der Waals surface area (Å²) in [6.07, 6.45) is -5.37. The largest absolute Gasteiger partial charge is 0.514 e. The number of nitro benzene ring substituents is 1. The number of fused-ring (bicyclic) bond motifs is 3. The van der Waals surface area contributed by atoms with Gasteiger partial charge in [0.1, 0.15) is 24.7 Å². The van der Waals surface area contributed by atoms with Gasteiger partial charge < -0.3 is 43.8 Å². The molecule has 5 atom stereocenters. The first-order valence-electron chi connectivity index (χ1n) is 19.0. The first kappa shape index (κ1) is 42.6. The van der Waals surface area contributed by atoms with E-state index in [9.17, 15) is 34.1 Å². The fourth-order valence-electron chi connectivity index (χ4n) is 7.04. The van der Waals surface area contributed by atoms with Gasteiger partial charge in [-0.15, -0.1) is 0 Å². The lowest BCUT2D eigenvalue weighted by Gasteiger charge is -2.42. The lowest BCUT2D eigenvalue weighted by Crippen LogP contribution is -2.55. The SMILES string of the molecule is COC(=O)[C@H]1O[C@@H](Oc2ccc(COC(=O)Oc3ccc([N+](=O)[O-])cc3)cc2NC(=O)CCNC(=O)OCC2c3ccccc3-c3ccccc32)[C@H](OC(C)=O)[C@@H](C)[C@@H]1C.